The first-order chi connectivity index (χ1) is 8.28. The van der Waals surface area contributed by atoms with Crippen LogP contribution in [-0.2, 0) is 22.4 Å². The largest absolute Gasteiger partial charge is 0.392 e. The van der Waals surface area contributed by atoms with Crippen LogP contribution in [0.1, 0.15) is 38.3 Å². The Morgan fingerprint density at radius 3 is 2.44 bits per heavy atom. The van der Waals surface area contributed by atoms with Crippen molar-refractivity contribution in [3.8, 4) is 0 Å². The van der Waals surface area contributed by atoms with Gasteiger partial charge < -0.3 is 5.11 Å². The van der Waals surface area contributed by atoms with Crippen LogP contribution < -0.4 is 4.72 Å². The number of benzene rings is 1. The van der Waals surface area contributed by atoms with Crippen molar-refractivity contribution in [2.45, 2.75) is 45.1 Å². The summed E-state index contributed by atoms with van der Waals surface area (Å²) in [7, 11) is -3.36. The first-order valence-corrected chi connectivity index (χ1v) is 7.63. The second-order valence-corrected chi connectivity index (χ2v) is 6.80. The molecule has 0 radical (unpaired) electrons. The lowest BCUT2D eigenvalue weighted by Crippen LogP contribution is -2.43. The normalized spacial score (nSPS) is 12.7. The van der Waals surface area contributed by atoms with Crippen LogP contribution in [0.4, 0.5) is 0 Å². The lowest BCUT2D eigenvalue weighted by molar-refractivity contribution is 0.281. The Labute approximate surface area is 109 Å². The molecule has 18 heavy (non-hydrogen) atoms. The van der Waals surface area contributed by atoms with E-state index in [0.717, 1.165) is 12.0 Å². The van der Waals surface area contributed by atoms with E-state index < -0.39 is 15.6 Å². The molecule has 1 aromatic rings. The van der Waals surface area contributed by atoms with Gasteiger partial charge in [-0.2, -0.15) is 0 Å². The first-order valence-electron chi connectivity index (χ1n) is 5.98. The zero-order valence-corrected chi connectivity index (χ0v) is 11.9. The third-order valence-corrected chi connectivity index (χ3v) is 4.42. The van der Waals surface area contributed by atoms with E-state index in [1.165, 1.54) is 0 Å². The van der Waals surface area contributed by atoms with Crippen LogP contribution in [-0.4, -0.2) is 19.1 Å². The smallest absolute Gasteiger partial charge is 0.216 e. The van der Waals surface area contributed by atoms with Gasteiger partial charge in [-0.05, 0) is 31.4 Å². The molecule has 0 amide bonds. The SMILES string of the molecule is CCC(C)(C)NS(=O)(=O)Cc1cccc(CO)c1. The maximum atomic E-state index is 12.0. The van der Waals surface area contributed by atoms with E-state index in [0.29, 0.717) is 5.56 Å². The fourth-order valence-electron chi connectivity index (χ4n) is 1.57. The van der Waals surface area contributed by atoms with Crippen LogP contribution in [0.25, 0.3) is 0 Å². The van der Waals surface area contributed by atoms with Gasteiger partial charge in [-0.25, -0.2) is 13.1 Å². The quantitative estimate of drug-likeness (QED) is 0.829. The number of sulfonamides is 1. The molecular formula is C13H21NO3S. The summed E-state index contributed by atoms with van der Waals surface area (Å²) in [5.74, 6) is -0.0652. The van der Waals surface area contributed by atoms with Crippen LogP contribution in [0.2, 0.25) is 0 Å². The molecule has 0 saturated carbocycles. The van der Waals surface area contributed by atoms with Gasteiger partial charge in [-0.3, -0.25) is 0 Å². The van der Waals surface area contributed by atoms with Gasteiger partial charge >= 0.3 is 0 Å². The summed E-state index contributed by atoms with van der Waals surface area (Å²) in [6.45, 7) is 5.57. The van der Waals surface area contributed by atoms with Gasteiger partial charge in [0, 0.05) is 5.54 Å². The summed E-state index contributed by atoms with van der Waals surface area (Å²) in [6.07, 6.45) is 0.725. The Balaban J connectivity index is 2.82. The predicted molar refractivity (Wildman–Crippen MR) is 72.5 cm³/mol. The second kappa shape index (κ2) is 5.82. The minimum atomic E-state index is -3.36. The van der Waals surface area contributed by atoms with Gasteiger partial charge in [0.25, 0.3) is 0 Å². The molecule has 0 unspecified atom stereocenters. The number of rotatable bonds is 6. The first kappa shape index (κ1) is 15.1. The topological polar surface area (TPSA) is 66.4 Å². The lowest BCUT2D eigenvalue weighted by Gasteiger charge is -2.24. The molecular weight excluding hydrogens is 250 g/mol. The Hall–Kier alpha value is -0.910. The minimum Gasteiger partial charge on any atom is -0.392 e. The van der Waals surface area contributed by atoms with Crippen molar-refractivity contribution in [3.05, 3.63) is 35.4 Å². The number of aliphatic hydroxyl groups excluding tert-OH is 1. The van der Waals surface area contributed by atoms with E-state index in [2.05, 4.69) is 4.72 Å². The van der Waals surface area contributed by atoms with Crippen LogP contribution in [0.5, 0.6) is 0 Å². The van der Waals surface area contributed by atoms with Crippen molar-refractivity contribution in [3.63, 3.8) is 0 Å². The highest BCUT2D eigenvalue weighted by Crippen LogP contribution is 2.13. The summed E-state index contributed by atoms with van der Waals surface area (Å²) < 4.78 is 26.7. The molecule has 2 N–H and O–H groups in total. The number of nitrogens with one attached hydrogen (secondary N) is 1. The molecule has 0 bridgehead atoms. The molecule has 0 spiro atoms. The summed E-state index contributed by atoms with van der Waals surface area (Å²) in [5, 5.41) is 9.02. The van der Waals surface area contributed by atoms with Crippen LogP contribution in [0.3, 0.4) is 0 Å². The van der Waals surface area contributed by atoms with E-state index >= 15 is 0 Å². The summed E-state index contributed by atoms with van der Waals surface area (Å²) >= 11 is 0. The average Bonchev–Trinajstić information content (AvgIpc) is 2.27. The third-order valence-electron chi connectivity index (χ3n) is 2.85. The van der Waals surface area contributed by atoms with E-state index in [9.17, 15) is 8.42 Å². The number of hydrogen-bond donors (Lipinski definition) is 2. The molecule has 1 aromatic carbocycles. The monoisotopic (exact) mass is 271 g/mol. The van der Waals surface area contributed by atoms with Crippen molar-refractivity contribution in [2.75, 3.05) is 0 Å². The van der Waals surface area contributed by atoms with Crippen LogP contribution in [0.15, 0.2) is 24.3 Å². The van der Waals surface area contributed by atoms with Crippen molar-refractivity contribution in [1.29, 1.82) is 0 Å². The molecule has 0 aliphatic carbocycles. The van der Waals surface area contributed by atoms with Crippen LogP contribution in [0, 0.1) is 0 Å². The van der Waals surface area contributed by atoms with Crippen molar-refractivity contribution < 1.29 is 13.5 Å². The maximum absolute atomic E-state index is 12.0. The van der Waals surface area contributed by atoms with Crippen molar-refractivity contribution >= 4 is 10.0 Å². The fraction of sp³-hybridized carbons (Fsp3) is 0.538. The third kappa shape index (κ3) is 4.76. The fourth-order valence-corrected chi connectivity index (χ4v) is 3.24. The molecule has 5 heteroatoms. The zero-order chi connectivity index (χ0) is 13.8. The maximum Gasteiger partial charge on any atom is 0.216 e. The highest BCUT2D eigenvalue weighted by Gasteiger charge is 2.23. The van der Waals surface area contributed by atoms with Gasteiger partial charge in [0.05, 0.1) is 12.4 Å². The highest BCUT2D eigenvalue weighted by molar-refractivity contribution is 7.88. The molecule has 0 atom stereocenters. The number of aliphatic hydroxyl groups is 1. The summed E-state index contributed by atoms with van der Waals surface area (Å²) in [4.78, 5) is 0. The zero-order valence-electron chi connectivity index (χ0n) is 11.1. The lowest BCUT2D eigenvalue weighted by atomic mass is 10.0. The van der Waals surface area contributed by atoms with Gasteiger partial charge in [0.2, 0.25) is 10.0 Å². The van der Waals surface area contributed by atoms with Crippen molar-refractivity contribution in [2.24, 2.45) is 0 Å². The molecule has 0 aliphatic rings. The summed E-state index contributed by atoms with van der Waals surface area (Å²) in [6, 6.07) is 6.97. The van der Waals surface area contributed by atoms with Gasteiger partial charge in [-0.15, -0.1) is 0 Å². The molecule has 0 saturated heterocycles. The summed E-state index contributed by atoms with van der Waals surface area (Å²) in [5.41, 5.74) is 0.964. The van der Waals surface area contributed by atoms with Gasteiger partial charge in [0.1, 0.15) is 0 Å². The van der Waals surface area contributed by atoms with E-state index in [1.54, 1.807) is 24.3 Å². The molecule has 0 aromatic heterocycles. The predicted octanol–water partition coefficient (Wildman–Crippen LogP) is 1.79. The molecule has 4 nitrogen and oxygen atoms in total. The molecule has 0 aliphatic heterocycles. The standard InChI is InChI=1S/C13H21NO3S/c1-4-13(2,3)14-18(16,17)10-12-7-5-6-11(8-12)9-15/h5-8,14-15H,4,9-10H2,1-3H3. The Bertz CT molecular complexity index is 495. The van der Waals surface area contributed by atoms with Crippen molar-refractivity contribution in [1.82, 2.24) is 4.72 Å². The van der Waals surface area contributed by atoms with E-state index in [4.69, 9.17) is 5.11 Å². The molecule has 1 rings (SSSR count). The molecule has 0 heterocycles. The Kier molecular flexibility index (Phi) is 4.90. The second-order valence-electron chi connectivity index (χ2n) is 5.08. The van der Waals surface area contributed by atoms with Gasteiger partial charge in [-0.1, -0.05) is 31.2 Å². The Morgan fingerprint density at radius 1 is 1.28 bits per heavy atom. The highest BCUT2D eigenvalue weighted by atomic mass is 32.2. The Morgan fingerprint density at radius 2 is 1.89 bits per heavy atom. The average molecular weight is 271 g/mol. The van der Waals surface area contributed by atoms with Gasteiger partial charge in [0.15, 0.2) is 0 Å². The molecule has 102 valence electrons. The van der Waals surface area contributed by atoms with E-state index in [-0.39, 0.29) is 12.4 Å². The number of hydrogen-bond acceptors (Lipinski definition) is 3. The minimum absolute atomic E-state index is 0.0652. The van der Waals surface area contributed by atoms with E-state index in [1.807, 2.05) is 20.8 Å². The molecule has 0 fully saturated rings. The van der Waals surface area contributed by atoms with Crippen LogP contribution >= 0.6 is 0 Å².